The van der Waals surface area contributed by atoms with E-state index in [1.165, 1.54) is 0 Å². The van der Waals surface area contributed by atoms with Crippen molar-refractivity contribution in [2.75, 3.05) is 25.2 Å². The number of pyridine rings is 2. The second kappa shape index (κ2) is 10.3. The highest BCUT2D eigenvalue weighted by molar-refractivity contribution is 6.07. The van der Waals surface area contributed by atoms with Crippen LogP contribution in [-0.2, 0) is 16.1 Å². The standard InChI is InChI=1S/C28H36N4O3/c1-18(19-10-12-35-13-11-19)32(28(2,3)4)26-23-14-20(21-6-8-22(17-34-5)30-15-21)7-9-25(23)31-16-24(26)27(29)33/h6-9,14-16,18-19H,10-13,17H2,1-5H3,(H2,29,33)/t18-/m0/s1. The van der Waals surface area contributed by atoms with Crippen LogP contribution in [0, 0.1) is 5.92 Å². The number of nitrogens with zero attached hydrogens (tertiary/aromatic N) is 3. The highest BCUT2D eigenvalue weighted by atomic mass is 16.5. The van der Waals surface area contributed by atoms with Gasteiger partial charge in [-0.1, -0.05) is 12.1 Å². The fourth-order valence-corrected chi connectivity index (χ4v) is 5.19. The van der Waals surface area contributed by atoms with E-state index in [1.807, 2.05) is 30.5 Å². The Balaban J connectivity index is 1.89. The van der Waals surface area contributed by atoms with E-state index in [0.29, 0.717) is 18.1 Å². The van der Waals surface area contributed by atoms with Crippen LogP contribution in [0.2, 0.25) is 0 Å². The van der Waals surface area contributed by atoms with Gasteiger partial charge in [0.1, 0.15) is 0 Å². The zero-order valence-corrected chi connectivity index (χ0v) is 21.4. The van der Waals surface area contributed by atoms with Crippen LogP contribution in [0.15, 0.2) is 42.7 Å². The Morgan fingerprint density at radius 3 is 2.46 bits per heavy atom. The first-order chi connectivity index (χ1) is 16.7. The maximum Gasteiger partial charge on any atom is 0.252 e. The molecular formula is C28H36N4O3. The first kappa shape index (κ1) is 25.1. The Hall–Kier alpha value is -3.03. The van der Waals surface area contributed by atoms with Crippen LogP contribution in [-0.4, -0.2) is 47.8 Å². The maximum atomic E-state index is 12.7. The lowest BCUT2D eigenvalue weighted by atomic mass is 9.87. The number of hydrogen-bond acceptors (Lipinski definition) is 6. The molecule has 7 heteroatoms. The van der Waals surface area contributed by atoms with Gasteiger partial charge >= 0.3 is 0 Å². The molecule has 1 aliphatic rings. The molecule has 1 aliphatic heterocycles. The molecule has 186 valence electrons. The number of fused-ring (bicyclic) bond motifs is 1. The molecule has 4 rings (SSSR count). The van der Waals surface area contributed by atoms with Crippen LogP contribution in [0.1, 0.15) is 56.6 Å². The molecule has 0 spiro atoms. The van der Waals surface area contributed by atoms with Crippen molar-refractivity contribution in [3.63, 3.8) is 0 Å². The van der Waals surface area contributed by atoms with Crippen molar-refractivity contribution in [1.29, 1.82) is 0 Å². The van der Waals surface area contributed by atoms with Crippen molar-refractivity contribution in [1.82, 2.24) is 9.97 Å². The van der Waals surface area contributed by atoms with Crippen LogP contribution in [0.4, 0.5) is 5.69 Å². The summed E-state index contributed by atoms with van der Waals surface area (Å²) in [5.41, 5.74) is 10.6. The summed E-state index contributed by atoms with van der Waals surface area (Å²) in [6, 6.07) is 10.3. The molecule has 0 radical (unpaired) electrons. The van der Waals surface area contributed by atoms with Crippen LogP contribution in [0.3, 0.4) is 0 Å². The lowest BCUT2D eigenvalue weighted by Crippen LogP contribution is -2.52. The normalized spacial score (nSPS) is 15.8. The number of ether oxygens (including phenoxy) is 2. The first-order valence-electron chi connectivity index (χ1n) is 12.2. The van der Waals surface area contributed by atoms with E-state index in [-0.39, 0.29) is 11.6 Å². The number of nitrogens with two attached hydrogens (primary N) is 1. The number of rotatable bonds is 7. The van der Waals surface area contributed by atoms with Crippen LogP contribution in [0.5, 0.6) is 0 Å². The van der Waals surface area contributed by atoms with Crippen LogP contribution in [0.25, 0.3) is 22.0 Å². The molecule has 3 heterocycles. The second-order valence-corrected chi connectivity index (χ2v) is 10.3. The summed E-state index contributed by atoms with van der Waals surface area (Å²) in [4.78, 5) is 24.1. The predicted molar refractivity (Wildman–Crippen MR) is 139 cm³/mol. The first-order valence-corrected chi connectivity index (χ1v) is 12.2. The topological polar surface area (TPSA) is 90.6 Å². The summed E-state index contributed by atoms with van der Waals surface area (Å²) in [5.74, 6) is -0.0218. The van der Waals surface area contributed by atoms with E-state index >= 15 is 0 Å². The van der Waals surface area contributed by atoms with Gasteiger partial charge in [0.15, 0.2) is 0 Å². The molecule has 7 nitrogen and oxygen atoms in total. The fraction of sp³-hybridized carbons (Fsp3) is 0.464. The average Bonchev–Trinajstić information content (AvgIpc) is 2.84. The molecule has 1 atom stereocenters. The monoisotopic (exact) mass is 476 g/mol. The Morgan fingerprint density at radius 1 is 1.14 bits per heavy atom. The third-order valence-electron chi connectivity index (χ3n) is 6.87. The molecule has 0 saturated carbocycles. The van der Waals surface area contributed by atoms with Crippen molar-refractivity contribution in [3.8, 4) is 11.1 Å². The van der Waals surface area contributed by atoms with Gasteiger partial charge in [-0.2, -0.15) is 0 Å². The van der Waals surface area contributed by atoms with Crippen molar-refractivity contribution >= 4 is 22.5 Å². The lowest BCUT2D eigenvalue weighted by Gasteiger charge is -2.47. The highest BCUT2D eigenvalue weighted by Crippen LogP contribution is 2.40. The van der Waals surface area contributed by atoms with Crippen molar-refractivity contribution in [2.24, 2.45) is 11.7 Å². The zero-order chi connectivity index (χ0) is 25.2. The average molecular weight is 477 g/mol. The summed E-state index contributed by atoms with van der Waals surface area (Å²) in [5, 5.41) is 0.911. The number of anilines is 1. The highest BCUT2D eigenvalue weighted by Gasteiger charge is 2.35. The quantitative estimate of drug-likeness (QED) is 0.518. The molecule has 2 N–H and O–H groups in total. The second-order valence-electron chi connectivity index (χ2n) is 10.3. The van der Waals surface area contributed by atoms with E-state index in [0.717, 1.165) is 59.5 Å². The summed E-state index contributed by atoms with van der Waals surface area (Å²) in [7, 11) is 1.66. The van der Waals surface area contributed by atoms with Crippen molar-refractivity contribution in [3.05, 3.63) is 54.0 Å². The number of aromatic nitrogens is 2. The number of carbonyl (C=O) groups excluding carboxylic acids is 1. The van der Waals surface area contributed by atoms with Gasteiger partial charge in [0.2, 0.25) is 0 Å². The minimum absolute atomic E-state index is 0.182. The van der Waals surface area contributed by atoms with E-state index in [2.05, 4.69) is 48.6 Å². The van der Waals surface area contributed by atoms with Gasteiger partial charge in [-0.25, -0.2) is 0 Å². The van der Waals surface area contributed by atoms with Gasteiger partial charge in [-0.3, -0.25) is 14.8 Å². The van der Waals surface area contributed by atoms with Gasteiger partial charge in [0.25, 0.3) is 5.91 Å². The number of carbonyl (C=O) groups is 1. The fourth-order valence-electron chi connectivity index (χ4n) is 5.19. The molecule has 35 heavy (non-hydrogen) atoms. The summed E-state index contributed by atoms with van der Waals surface area (Å²) < 4.78 is 10.8. The van der Waals surface area contributed by atoms with Crippen molar-refractivity contribution < 1.29 is 14.3 Å². The SMILES string of the molecule is COCc1ccc(-c2ccc3ncc(C(N)=O)c(N([C@@H](C)C4CCOCC4)C(C)(C)C)c3c2)cn1. The molecule has 0 bridgehead atoms. The molecule has 1 amide bonds. The number of benzene rings is 1. The largest absolute Gasteiger partial charge is 0.381 e. The molecule has 0 aliphatic carbocycles. The van der Waals surface area contributed by atoms with Crippen LogP contribution < -0.4 is 10.6 Å². The van der Waals surface area contributed by atoms with Crippen LogP contribution >= 0.6 is 0 Å². The number of primary amides is 1. The van der Waals surface area contributed by atoms with E-state index in [4.69, 9.17) is 15.2 Å². The number of amides is 1. The Labute approximate surface area is 207 Å². The Bertz CT molecular complexity index is 1180. The Morgan fingerprint density at radius 2 is 1.86 bits per heavy atom. The van der Waals surface area contributed by atoms with E-state index in [9.17, 15) is 4.79 Å². The Kier molecular flexibility index (Phi) is 7.38. The summed E-state index contributed by atoms with van der Waals surface area (Å²) in [6.07, 6.45) is 5.46. The van der Waals surface area contributed by atoms with E-state index < -0.39 is 5.91 Å². The third kappa shape index (κ3) is 5.31. The molecular weight excluding hydrogens is 440 g/mol. The minimum Gasteiger partial charge on any atom is -0.381 e. The molecule has 3 aromatic rings. The minimum atomic E-state index is -0.473. The summed E-state index contributed by atoms with van der Waals surface area (Å²) >= 11 is 0. The number of methoxy groups -OCH3 is 1. The molecule has 2 aromatic heterocycles. The summed E-state index contributed by atoms with van der Waals surface area (Å²) in [6.45, 7) is 10.8. The number of hydrogen-bond donors (Lipinski definition) is 1. The maximum absolute atomic E-state index is 12.7. The smallest absolute Gasteiger partial charge is 0.252 e. The third-order valence-corrected chi connectivity index (χ3v) is 6.87. The predicted octanol–water partition coefficient (Wildman–Crippen LogP) is 4.96. The van der Waals surface area contributed by atoms with Gasteiger partial charge in [0.05, 0.1) is 29.1 Å². The lowest BCUT2D eigenvalue weighted by molar-refractivity contribution is 0.0574. The molecule has 1 fully saturated rings. The van der Waals surface area contributed by atoms with Crippen molar-refractivity contribution in [2.45, 2.75) is 58.7 Å². The zero-order valence-electron chi connectivity index (χ0n) is 21.4. The van der Waals surface area contributed by atoms with Gasteiger partial charge in [0, 0.05) is 55.2 Å². The van der Waals surface area contributed by atoms with E-state index in [1.54, 1.807) is 13.3 Å². The van der Waals surface area contributed by atoms with Gasteiger partial charge < -0.3 is 20.1 Å². The molecule has 1 saturated heterocycles. The van der Waals surface area contributed by atoms with Gasteiger partial charge in [-0.05, 0) is 70.2 Å². The molecule has 0 unspecified atom stereocenters. The van der Waals surface area contributed by atoms with Gasteiger partial charge in [-0.15, -0.1) is 0 Å². The molecule has 1 aromatic carbocycles.